The van der Waals surface area contributed by atoms with Crippen LogP contribution in [0.1, 0.15) is 76.7 Å². The number of nitrogens with one attached hydrogen (secondary N) is 3. The molecule has 7 nitrogen and oxygen atoms in total. The first-order valence-corrected chi connectivity index (χ1v) is 15.8. The van der Waals surface area contributed by atoms with Crippen molar-refractivity contribution in [2.45, 2.75) is 91.1 Å². The summed E-state index contributed by atoms with van der Waals surface area (Å²) in [5, 5.41) is 10.2. The van der Waals surface area contributed by atoms with Crippen molar-refractivity contribution in [3.8, 4) is 0 Å². The van der Waals surface area contributed by atoms with Crippen molar-refractivity contribution in [2.75, 3.05) is 26.2 Å². The maximum Gasteiger partial charge on any atom is 0.247 e. The van der Waals surface area contributed by atoms with Crippen LogP contribution in [0, 0.1) is 5.92 Å². The molecule has 1 fully saturated rings. The van der Waals surface area contributed by atoms with Crippen LogP contribution in [0.2, 0.25) is 0 Å². The predicted molar refractivity (Wildman–Crippen MR) is 166 cm³/mol. The number of hydrogen-bond acceptors (Lipinski definition) is 5. The molecule has 2 aromatic rings. The number of likely N-dealkylation sites (N-methyl/N-ethyl adjacent to an activating group) is 1. The Balaban J connectivity index is 1.70. The zero-order chi connectivity index (χ0) is 29.1. The van der Waals surface area contributed by atoms with Gasteiger partial charge in [0.1, 0.15) is 6.04 Å². The monoisotopic (exact) mass is 568 g/mol. The summed E-state index contributed by atoms with van der Waals surface area (Å²) in [6.07, 6.45) is 8.17. The molecule has 0 saturated heterocycles. The van der Waals surface area contributed by atoms with E-state index in [1.165, 1.54) is 36.4 Å². The minimum atomic E-state index is -0.682. The van der Waals surface area contributed by atoms with Gasteiger partial charge < -0.3 is 16.0 Å². The highest BCUT2D eigenvalue weighted by atomic mass is 32.1. The molecule has 0 unspecified atom stereocenters. The molecule has 8 heteroatoms. The number of benzene rings is 1. The second-order valence-electron chi connectivity index (χ2n) is 11.1. The number of carbonyl (C=O) groups is 3. The summed E-state index contributed by atoms with van der Waals surface area (Å²) in [5.74, 6) is -0.104. The number of nitrogens with zero attached hydrogens (tertiary/aromatic N) is 1. The molecule has 1 aliphatic rings. The van der Waals surface area contributed by atoms with Crippen molar-refractivity contribution in [1.82, 2.24) is 20.9 Å². The summed E-state index contributed by atoms with van der Waals surface area (Å²) in [5.41, 5.74) is 1.81. The number of hydrogen-bond donors (Lipinski definition) is 3. The Morgan fingerprint density at radius 2 is 1.77 bits per heavy atom. The summed E-state index contributed by atoms with van der Waals surface area (Å²) in [6.45, 7) is 14.3. The molecule has 220 valence electrons. The average molecular weight is 569 g/mol. The van der Waals surface area contributed by atoms with Crippen molar-refractivity contribution in [3.63, 3.8) is 0 Å². The normalized spacial score (nSPS) is 15.5. The number of rotatable bonds is 15. The molecule has 1 aromatic heterocycles. The van der Waals surface area contributed by atoms with Crippen molar-refractivity contribution in [1.29, 1.82) is 0 Å². The van der Waals surface area contributed by atoms with Gasteiger partial charge in [-0.2, -0.15) is 0 Å². The van der Waals surface area contributed by atoms with Gasteiger partial charge in [-0.1, -0.05) is 71.6 Å². The number of thiophene rings is 1. The fourth-order valence-corrected chi connectivity index (χ4v) is 6.73. The van der Waals surface area contributed by atoms with Crippen LogP contribution in [0.15, 0.2) is 36.4 Å². The zero-order valence-corrected chi connectivity index (χ0v) is 25.6. The van der Waals surface area contributed by atoms with Crippen LogP contribution in [0.25, 0.3) is 10.1 Å². The standard InChI is InChI=1S/C32H48N4O3S/c1-6-24-14-15-26-18-28(40-30(26)17-24)19-29(34-23(5)37)32(39)35-27(16-25-12-10-9-11-13-25)20-33-31(38)22(4)21-36(7-2)8-3/h14-15,17-18,25,27,29H,4,6-13,16,19-21H2,1-3,5H3,(H,33,38)(H,34,37)(H,35,39)/t27-,29-/m0/s1. The summed E-state index contributed by atoms with van der Waals surface area (Å²) in [4.78, 5) is 41.7. The van der Waals surface area contributed by atoms with Crippen LogP contribution in [0.5, 0.6) is 0 Å². The summed E-state index contributed by atoms with van der Waals surface area (Å²) in [6, 6.07) is 7.68. The topological polar surface area (TPSA) is 90.5 Å². The third kappa shape index (κ3) is 9.73. The number of amides is 3. The Bertz CT molecular complexity index is 1150. The first-order valence-electron chi connectivity index (χ1n) is 15.0. The highest BCUT2D eigenvalue weighted by Gasteiger charge is 2.26. The number of carbonyl (C=O) groups excluding carboxylic acids is 3. The fraction of sp³-hybridized carbons (Fsp3) is 0.594. The third-order valence-corrected chi connectivity index (χ3v) is 9.09. The van der Waals surface area contributed by atoms with E-state index in [-0.39, 0.29) is 23.8 Å². The summed E-state index contributed by atoms with van der Waals surface area (Å²) >= 11 is 1.67. The smallest absolute Gasteiger partial charge is 0.247 e. The molecule has 0 aliphatic heterocycles. The zero-order valence-electron chi connectivity index (χ0n) is 24.8. The van der Waals surface area contributed by atoms with E-state index in [0.29, 0.717) is 31.0 Å². The lowest BCUT2D eigenvalue weighted by atomic mass is 9.84. The Labute approximate surface area is 244 Å². The molecule has 0 spiro atoms. The van der Waals surface area contributed by atoms with Gasteiger partial charge in [-0.3, -0.25) is 19.3 Å². The van der Waals surface area contributed by atoms with E-state index in [9.17, 15) is 14.4 Å². The fourth-order valence-electron chi connectivity index (χ4n) is 5.56. The predicted octanol–water partition coefficient (Wildman–Crippen LogP) is 4.98. The summed E-state index contributed by atoms with van der Waals surface area (Å²) in [7, 11) is 0. The van der Waals surface area contributed by atoms with Gasteiger partial charge in [0.25, 0.3) is 0 Å². The molecule has 0 radical (unpaired) electrons. The van der Waals surface area contributed by atoms with Crippen molar-refractivity contribution >= 4 is 39.1 Å². The Morgan fingerprint density at radius 3 is 2.42 bits per heavy atom. The van der Waals surface area contributed by atoms with Crippen LogP contribution in [-0.2, 0) is 27.2 Å². The average Bonchev–Trinajstić information content (AvgIpc) is 3.35. The second kappa shape index (κ2) is 15.9. The van der Waals surface area contributed by atoms with Gasteiger partial charge in [0, 0.05) is 47.6 Å². The van der Waals surface area contributed by atoms with E-state index in [4.69, 9.17) is 0 Å². The third-order valence-electron chi connectivity index (χ3n) is 7.97. The highest BCUT2D eigenvalue weighted by Crippen LogP contribution is 2.29. The Morgan fingerprint density at radius 1 is 1.05 bits per heavy atom. The maximum absolute atomic E-state index is 13.6. The van der Waals surface area contributed by atoms with Crippen LogP contribution >= 0.6 is 11.3 Å². The van der Waals surface area contributed by atoms with Gasteiger partial charge in [0.15, 0.2) is 0 Å². The molecule has 3 amide bonds. The van der Waals surface area contributed by atoms with Crippen LogP contribution in [0.4, 0.5) is 0 Å². The van der Waals surface area contributed by atoms with Gasteiger partial charge in [-0.05, 0) is 54.9 Å². The van der Waals surface area contributed by atoms with Gasteiger partial charge in [0.05, 0.1) is 0 Å². The van der Waals surface area contributed by atoms with E-state index >= 15 is 0 Å². The molecule has 1 aromatic carbocycles. The lowest BCUT2D eigenvalue weighted by Crippen LogP contribution is -2.53. The van der Waals surface area contributed by atoms with Gasteiger partial charge in [0.2, 0.25) is 17.7 Å². The maximum atomic E-state index is 13.6. The lowest BCUT2D eigenvalue weighted by molar-refractivity contribution is -0.128. The molecular weight excluding hydrogens is 520 g/mol. The number of fused-ring (bicyclic) bond motifs is 1. The van der Waals surface area contributed by atoms with E-state index in [1.54, 1.807) is 11.3 Å². The Kier molecular flexibility index (Phi) is 12.7. The van der Waals surface area contributed by atoms with Gasteiger partial charge in [-0.15, -0.1) is 11.3 Å². The molecular formula is C32H48N4O3S. The molecule has 2 atom stereocenters. The van der Waals surface area contributed by atoms with Gasteiger partial charge >= 0.3 is 0 Å². The van der Waals surface area contributed by atoms with Crippen LogP contribution in [0.3, 0.4) is 0 Å². The Hall–Kier alpha value is -2.71. The van der Waals surface area contributed by atoms with Crippen molar-refractivity contribution < 1.29 is 14.4 Å². The summed E-state index contributed by atoms with van der Waals surface area (Å²) < 4.78 is 1.19. The molecule has 3 rings (SSSR count). The number of aryl methyl sites for hydroxylation is 1. The molecule has 1 aliphatic carbocycles. The molecule has 1 saturated carbocycles. The quantitative estimate of drug-likeness (QED) is 0.264. The SMILES string of the molecule is C=C(CN(CC)CC)C(=O)NC[C@H](CC1CCCCC1)NC(=O)[C@H](Cc1cc2ccc(CC)cc2s1)NC(C)=O. The van der Waals surface area contributed by atoms with Crippen LogP contribution < -0.4 is 16.0 Å². The first kappa shape index (κ1) is 31.8. The van der Waals surface area contributed by atoms with Crippen LogP contribution in [-0.4, -0.2) is 60.9 Å². The van der Waals surface area contributed by atoms with E-state index in [0.717, 1.165) is 49.0 Å². The first-order chi connectivity index (χ1) is 19.2. The highest BCUT2D eigenvalue weighted by molar-refractivity contribution is 7.19. The second-order valence-corrected chi connectivity index (χ2v) is 12.3. The largest absolute Gasteiger partial charge is 0.350 e. The van der Waals surface area contributed by atoms with Gasteiger partial charge in [-0.25, -0.2) is 0 Å². The van der Waals surface area contributed by atoms with E-state index in [1.807, 2.05) is 0 Å². The van der Waals surface area contributed by atoms with E-state index in [2.05, 4.69) is 72.5 Å². The van der Waals surface area contributed by atoms with E-state index < -0.39 is 6.04 Å². The minimum Gasteiger partial charge on any atom is -0.350 e. The minimum absolute atomic E-state index is 0.176. The molecule has 3 N–H and O–H groups in total. The molecule has 40 heavy (non-hydrogen) atoms. The van der Waals surface area contributed by atoms with Crippen molar-refractivity contribution in [3.05, 3.63) is 46.9 Å². The van der Waals surface area contributed by atoms with Crippen molar-refractivity contribution in [2.24, 2.45) is 5.92 Å². The molecule has 0 bridgehead atoms. The molecule has 1 heterocycles. The lowest BCUT2D eigenvalue weighted by Gasteiger charge is -2.29.